The summed E-state index contributed by atoms with van der Waals surface area (Å²) in [4.78, 5) is 13.3. The number of ether oxygens (including phenoxy) is 1. The predicted octanol–water partition coefficient (Wildman–Crippen LogP) is 7.86. The van der Waals surface area contributed by atoms with Crippen LogP contribution in [0.2, 0.25) is 0 Å². The summed E-state index contributed by atoms with van der Waals surface area (Å²) < 4.78 is 33.2. The number of unbranched alkanes of at least 4 members (excludes halogenated alkanes) is 5. The highest BCUT2D eigenvalue weighted by Crippen LogP contribution is 2.26. The van der Waals surface area contributed by atoms with Gasteiger partial charge >= 0.3 is 10.1 Å². The number of phenolic OH excluding ortho intramolecular Hbond substituents is 1. The summed E-state index contributed by atoms with van der Waals surface area (Å²) in [6, 6.07) is 22.2. The molecule has 0 aliphatic carbocycles. The number of rotatable bonds is 20. The molecular weight excluding hydrogens is 601 g/mol. The Morgan fingerprint density at radius 1 is 0.767 bits per heavy atom. The van der Waals surface area contributed by atoms with Gasteiger partial charge in [0.1, 0.15) is 17.2 Å². The monoisotopic (exact) mass is 644 g/mol. The molecule has 0 saturated heterocycles. The second-order valence-electron chi connectivity index (χ2n) is 10.6. The maximum Gasteiger partial charge on any atom is 0.306 e. The Labute approximate surface area is 266 Å². The predicted molar refractivity (Wildman–Crippen MR) is 180 cm³/mol. The lowest BCUT2D eigenvalue weighted by molar-refractivity contribution is -0.110. The summed E-state index contributed by atoms with van der Waals surface area (Å²) in [6.45, 7) is 2.70. The lowest BCUT2D eigenvalue weighted by Gasteiger charge is -2.16. The van der Waals surface area contributed by atoms with Gasteiger partial charge < -0.3 is 14.0 Å². The summed E-state index contributed by atoms with van der Waals surface area (Å²) in [7, 11) is -3.56. The van der Waals surface area contributed by atoms with Crippen LogP contribution in [0, 0.1) is 0 Å². The van der Waals surface area contributed by atoms with Crippen LogP contribution in [0.25, 0.3) is 0 Å². The molecule has 0 bridgehead atoms. The van der Waals surface area contributed by atoms with Gasteiger partial charge in [-0.3, -0.25) is 4.79 Å². The molecule has 1 N–H and O–H groups in total. The van der Waals surface area contributed by atoms with E-state index < -0.39 is 10.1 Å². The van der Waals surface area contributed by atoms with Crippen LogP contribution in [0.15, 0.2) is 72.8 Å². The third kappa shape index (κ3) is 14.6. The van der Waals surface area contributed by atoms with Crippen molar-refractivity contribution in [2.24, 2.45) is 0 Å². The fourth-order valence-corrected chi connectivity index (χ4v) is 7.22. The molecule has 9 heteroatoms. The Hall–Kier alpha value is -2.62. The van der Waals surface area contributed by atoms with Gasteiger partial charge in [0.15, 0.2) is 0 Å². The largest absolute Gasteiger partial charge is 0.508 e. The van der Waals surface area contributed by atoms with Crippen LogP contribution < -0.4 is 8.92 Å². The molecule has 0 unspecified atom stereocenters. The highest BCUT2D eigenvalue weighted by molar-refractivity contribution is 8.16. The molecule has 0 spiro atoms. The fourth-order valence-electron chi connectivity index (χ4n) is 4.45. The second kappa shape index (κ2) is 18.9. The first kappa shape index (κ1) is 34.9. The van der Waals surface area contributed by atoms with Crippen molar-refractivity contribution in [3.05, 3.63) is 89.5 Å². The molecule has 0 amide bonds. The van der Waals surface area contributed by atoms with E-state index in [1.807, 2.05) is 12.1 Å². The van der Waals surface area contributed by atoms with Crippen LogP contribution in [0.1, 0.15) is 62.1 Å². The molecule has 3 aromatic carbocycles. The molecule has 0 heterocycles. The number of hydrogen-bond acceptors (Lipinski definition) is 8. The smallest absolute Gasteiger partial charge is 0.306 e. The Kier molecular flexibility index (Phi) is 15.3. The molecule has 0 saturated carbocycles. The number of hydrogen-bond donors (Lipinski definition) is 1. The van der Waals surface area contributed by atoms with E-state index in [0.29, 0.717) is 18.8 Å². The van der Waals surface area contributed by atoms with E-state index in [1.165, 1.54) is 43.9 Å². The highest BCUT2D eigenvalue weighted by atomic mass is 32.2. The fraction of sp³-hybridized carbons (Fsp3) is 0.441. The van der Waals surface area contributed by atoms with Crippen LogP contribution in [0.4, 0.5) is 0 Å². The molecule has 0 radical (unpaired) electrons. The third-order valence-corrected chi connectivity index (χ3v) is 9.76. The summed E-state index contributed by atoms with van der Waals surface area (Å²) in [5.74, 6) is 2.88. The maximum absolute atomic E-state index is 13.3. The molecule has 3 rings (SSSR count). The van der Waals surface area contributed by atoms with Gasteiger partial charge in [-0.25, -0.2) is 0 Å². The van der Waals surface area contributed by atoms with Gasteiger partial charge in [0.2, 0.25) is 5.12 Å². The Morgan fingerprint density at radius 2 is 1.35 bits per heavy atom. The van der Waals surface area contributed by atoms with E-state index in [4.69, 9.17) is 8.92 Å². The van der Waals surface area contributed by atoms with Crippen molar-refractivity contribution in [3.8, 4) is 17.2 Å². The van der Waals surface area contributed by atoms with Crippen molar-refractivity contribution in [3.63, 3.8) is 0 Å². The van der Waals surface area contributed by atoms with Gasteiger partial charge in [-0.05, 0) is 78.1 Å². The van der Waals surface area contributed by atoms with E-state index in [-0.39, 0.29) is 21.9 Å². The molecule has 6 nitrogen and oxygen atoms in total. The summed E-state index contributed by atoms with van der Waals surface area (Å²) >= 11 is 3.21. The molecule has 43 heavy (non-hydrogen) atoms. The quantitative estimate of drug-likeness (QED) is 0.0982. The van der Waals surface area contributed by atoms with Crippen molar-refractivity contribution in [2.75, 3.05) is 24.4 Å². The highest BCUT2D eigenvalue weighted by Gasteiger charge is 2.20. The number of phenols is 1. The molecule has 0 fully saturated rings. The molecule has 234 valence electrons. The SMILES string of the molecule is CCCCCCCCSC(=O)[C@H](Cc1ccc(CCOc2ccc(OS(C)(=O)=O)cc2)cc1)SCCc1ccc(O)cc1. The Balaban J connectivity index is 1.49. The maximum atomic E-state index is 13.3. The van der Waals surface area contributed by atoms with E-state index in [2.05, 4.69) is 31.2 Å². The van der Waals surface area contributed by atoms with Gasteiger partial charge in [-0.1, -0.05) is 87.2 Å². The standard InChI is InChI=1S/C34H44O6S3/c1-3-4-5-6-7-8-24-42-34(36)33(41-25-22-28-13-15-30(35)16-14-28)26-29-11-9-27(10-12-29)21-23-39-31-17-19-32(20-18-31)40-43(2,37)38/h9-20,33,35H,3-8,21-26H2,1-2H3/t33-/m0/s1. The zero-order valence-electron chi connectivity index (χ0n) is 25.2. The number of thioether (sulfide) groups is 2. The van der Waals surface area contributed by atoms with Crippen molar-refractivity contribution < 1.29 is 27.2 Å². The summed E-state index contributed by atoms with van der Waals surface area (Å²) in [5.41, 5.74) is 3.43. The van der Waals surface area contributed by atoms with Crippen molar-refractivity contribution in [2.45, 2.75) is 70.0 Å². The third-order valence-electron chi connectivity index (χ3n) is 6.83. The Morgan fingerprint density at radius 3 is 2.02 bits per heavy atom. The van der Waals surface area contributed by atoms with Crippen LogP contribution in [-0.2, 0) is 34.2 Å². The minimum atomic E-state index is -3.56. The minimum absolute atomic E-state index is 0.106. The first-order valence-corrected chi connectivity index (χ1v) is 18.8. The average molecular weight is 645 g/mol. The van der Waals surface area contributed by atoms with Gasteiger partial charge in [0.25, 0.3) is 0 Å². The zero-order chi connectivity index (χ0) is 30.9. The summed E-state index contributed by atoms with van der Waals surface area (Å²) in [6.07, 6.45) is 10.6. The van der Waals surface area contributed by atoms with Gasteiger partial charge in [0.05, 0.1) is 18.1 Å². The van der Waals surface area contributed by atoms with Crippen LogP contribution in [-0.4, -0.2) is 48.3 Å². The van der Waals surface area contributed by atoms with Gasteiger partial charge in [-0.15, -0.1) is 11.8 Å². The number of benzene rings is 3. The number of aromatic hydroxyl groups is 1. The van der Waals surface area contributed by atoms with Crippen molar-refractivity contribution >= 4 is 38.8 Å². The summed E-state index contributed by atoms with van der Waals surface area (Å²) in [5, 5.41) is 9.70. The average Bonchev–Trinajstić information content (AvgIpc) is 2.98. The second-order valence-corrected chi connectivity index (χ2v) is 14.6. The van der Waals surface area contributed by atoms with Crippen LogP contribution >= 0.6 is 23.5 Å². The molecular formula is C34H44O6S3. The van der Waals surface area contributed by atoms with Gasteiger partial charge in [0, 0.05) is 12.2 Å². The number of carbonyl (C=O) groups is 1. The molecule has 0 aromatic heterocycles. The molecule has 1 atom stereocenters. The zero-order valence-corrected chi connectivity index (χ0v) is 27.7. The van der Waals surface area contributed by atoms with Crippen molar-refractivity contribution in [1.82, 2.24) is 0 Å². The van der Waals surface area contributed by atoms with E-state index >= 15 is 0 Å². The molecule has 0 aliphatic heterocycles. The van der Waals surface area contributed by atoms with Crippen LogP contribution in [0.5, 0.6) is 17.2 Å². The molecule has 0 aliphatic rings. The van der Waals surface area contributed by atoms with Gasteiger partial charge in [-0.2, -0.15) is 8.42 Å². The first-order valence-electron chi connectivity index (χ1n) is 15.0. The lowest BCUT2D eigenvalue weighted by atomic mass is 10.1. The van der Waals surface area contributed by atoms with E-state index in [9.17, 15) is 18.3 Å². The minimum Gasteiger partial charge on any atom is -0.508 e. The van der Waals surface area contributed by atoms with Crippen LogP contribution in [0.3, 0.4) is 0 Å². The topological polar surface area (TPSA) is 89.9 Å². The normalized spacial score (nSPS) is 12.1. The van der Waals surface area contributed by atoms with E-state index in [1.54, 1.807) is 48.2 Å². The van der Waals surface area contributed by atoms with E-state index in [0.717, 1.165) is 53.7 Å². The first-order chi connectivity index (χ1) is 20.7. The Bertz CT molecular complexity index is 1320. The number of carbonyl (C=O) groups excluding carboxylic acids is 1. The molecule has 3 aromatic rings. The van der Waals surface area contributed by atoms with Crippen molar-refractivity contribution in [1.29, 1.82) is 0 Å². The lowest BCUT2D eigenvalue weighted by Crippen LogP contribution is -2.18. The number of aryl methyl sites for hydroxylation is 1.